The molecule has 4 N–H and O–H groups in total. The van der Waals surface area contributed by atoms with Crippen LogP contribution >= 0.6 is 0 Å². The van der Waals surface area contributed by atoms with Crippen LogP contribution in [0, 0.1) is 5.92 Å². The first-order valence-corrected chi connectivity index (χ1v) is 4.22. The molecule has 0 rings (SSSR count). The zero-order valence-corrected chi connectivity index (χ0v) is 7.71. The van der Waals surface area contributed by atoms with Gasteiger partial charge in [-0.3, -0.25) is 4.79 Å². The van der Waals surface area contributed by atoms with Gasteiger partial charge >= 0.3 is 0 Å². The van der Waals surface area contributed by atoms with Crippen molar-refractivity contribution in [2.75, 3.05) is 13.2 Å². The molecule has 4 heteroatoms. The van der Waals surface area contributed by atoms with Crippen LogP contribution in [0.3, 0.4) is 0 Å². The van der Waals surface area contributed by atoms with Gasteiger partial charge in [0.2, 0.25) is 5.91 Å². The number of aliphatic hydroxyl groups excluding tert-OH is 1. The summed E-state index contributed by atoms with van der Waals surface area (Å²) in [5, 5.41) is 10.9. The molecule has 0 saturated heterocycles. The maximum Gasteiger partial charge on any atom is 0.237 e. The predicted octanol–water partition coefficient (Wildman–Crippen LogP) is -0.532. The quantitative estimate of drug-likeness (QED) is 0.524. The second-order valence-corrected chi connectivity index (χ2v) is 3.25. The van der Waals surface area contributed by atoms with Crippen LogP contribution in [0.15, 0.2) is 0 Å². The Balaban J connectivity index is 3.61. The van der Waals surface area contributed by atoms with Crippen LogP contribution in [0.25, 0.3) is 0 Å². The molecule has 1 amide bonds. The number of aliphatic hydroxyl groups is 1. The standard InChI is InChI=1S/C8H18N2O2/c1-6(2)5-7(9)8(12)10-3-4-11/h6-7,11H,3-5,9H2,1-2H3,(H,10,12). The molecule has 0 saturated carbocycles. The summed E-state index contributed by atoms with van der Waals surface area (Å²) in [5.74, 6) is 0.234. The van der Waals surface area contributed by atoms with Gasteiger partial charge in [0.15, 0.2) is 0 Å². The molecule has 0 aliphatic heterocycles. The molecule has 0 aromatic carbocycles. The fourth-order valence-electron chi connectivity index (χ4n) is 0.925. The van der Waals surface area contributed by atoms with Gasteiger partial charge in [-0.15, -0.1) is 0 Å². The molecule has 0 radical (unpaired) electrons. The van der Waals surface area contributed by atoms with Gasteiger partial charge in [-0.05, 0) is 12.3 Å². The fourth-order valence-corrected chi connectivity index (χ4v) is 0.925. The lowest BCUT2D eigenvalue weighted by Gasteiger charge is -2.13. The molecular weight excluding hydrogens is 156 g/mol. The van der Waals surface area contributed by atoms with E-state index in [0.717, 1.165) is 0 Å². The lowest BCUT2D eigenvalue weighted by molar-refractivity contribution is -0.122. The average molecular weight is 174 g/mol. The molecule has 12 heavy (non-hydrogen) atoms. The average Bonchev–Trinajstić information content (AvgIpc) is 1.98. The fraction of sp³-hybridized carbons (Fsp3) is 0.875. The Morgan fingerprint density at radius 3 is 2.58 bits per heavy atom. The van der Waals surface area contributed by atoms with Gasteiger partial charge in [0.1, 0.15) is 0 Å². The van der Waals surface area contributed by atoms with Crippen molar-refractivity contribution in [1.82, 2.24) is 5.32 Å². The summed E-state index contributed by atoms with van der Waals surface area (Å²) in [6, 6.07) is -0.448. The molecule has 1 atom stereocenters. The van der Waals surface area contributed by atoms with Crippen LogP contribution in [0.5, 0.6) is 0 Å². The van der Waals surface area contributed by atoms with Gasteiger partial charge in [-0.25, -0.2) is 0 Å². The van der Waals surface area contributed by atoms with Crippen molar-refractivity contribution in [3.8, 4) is 0 Å². The highest BCUT2D eigenvalue weighted by Gasteiger charge is 2.13. The molecule has 1 unspecified atom stereocenters. The van der Waals surface area contributed by atoms with E-state index in [4.69, 9.17) is 10.8 Å². The maximum atomic E-state index is 11.1. The Hall–Kier alpha value is -0.610. The van der Waals surface area contributed by atoms with Crippen LogP contribution in [-0.2, 0) is 4.79 Å². The van der Waals surface area contributed by atoms with E-state index in [-0.39, 0.29) is 19.1 Å². The van der Waals surface area contributed by atoms with E-state index >= 15 is 0 Å². The largest absolute Gasteiger partial charge is 0.395 e. The summed E-state index contributed by atoms with van der Waals surface area (Å²) in [5.41, 5.74) is 5.57. The lowest BCUT2D eigenvalue weighted by Crippen LogP contribution is -2.42. The van der Waals surface area contributed by atoms with Crippen molar-refractivity contribution < 1.29 is 9.90 Å². The van der Waals surface area contributed by atoms with Crippen molar-refractivity contribution in [2.45, 2.75) is 26.3 Å². The molecule has 0 aromatic rings. The number of carbonyl (C=O) groups is 1. The summed E-state index contributed by atoms with van der Waals surface area (Å²) >= 11 is 0. The normalized spacial score (nSPS) is 13.1. The summed E-state index contributed by atoms with van der Waals surface area (Å²) in [4.78, 5) is 11.1. The van der Waals surface area contributed by atoms with E-state index in [1.165, 1.54) is 0 Å². The molecule has 0 fully saturated rings. The number of nitrogens with one attached hydrogen (secondary N) is 1. The number of hydrogen-bond acceptors (Lipinski definition) is 3. The minimum atomic E-state index is -0.448. The third-order valence-electron chi connectivity index (χ3n) is 1.47. The number of hydrogen-bond donors (Lipinski definition) is 3. The Bertz CT molecular complexity index is 137. The third-order valence-corrected chi connectivity index (χ3v) is 1.47. The third kappa shape index (κ3) is 5.09. The van der Waals surface area contributed by atoms with Crippen molar-refractivity contribution in [1.29, 1.82) is 0 Å². The first-order valence-electron chi connectivity index (χ1n) is 4.22. The molecular formula is C8H18N2O2. The monoisotopic (exact) mass is 174 g/mol. The number of nitrogens with two attached hydrogens (primary N) is 1. The van der Waals surface area contributed by atoms with Crippen LogP contribution < -0.4 is 11.1 Å². The van der Waals surface area contributed by atoms with E-state index < -0.39 is 6.04 Å². The van der Waals surface area contributed by atoms with Gasteiger partial charge in [0.25, 0.3) is 0 Å². The van der Waals surface area contributed by atoms with Crippen LogP contribution in [0.1, 0.15) is 20.3 Å². The van der Waals surface area contributed by atoms with E-state index in [1.54, 1.807) is 0 Å². The minimum absolute atomic E-state index is 0.0415. The van der Waals surface area contributed by atoms with Gasteiger partial charge in [0, 0.05) is 6.54 Å². The SMILES string of the molecule is CC(C)CC(N)C(=O)NCCO. The number of carbonyl (C=O) groups excluding carboxylic acids is 1. The molecule has 0 aliphatic carbocycles. The Labute approximate surface area is 73.1 Å². The van der Waals surface area contributed by atoms with Gasteiger partial charge in [0.05, 0.1) is 12.6 Å². The molecule has 0 spiro atoms. The van der Waals surface area contributed by atoms with Gasteiger partial charge in [-0.2, -0.15) is 0 Å². The van der Waals surface area contributed by atoms with Crippen LogP contribution in [0.4, 0.5) is 0 Å². The van der Waals surface area contributed by atoms with Gasteiger partial charge < -0.3 is 16.2 Å². The van der Waals surface area contributed by atoms with E-state index in [0.29, 0.717) is 12.3 Å². The maximum absolute atomic E-state index is 11.1. The van der Waals surface area contributed by atoms with Crippen molar-refractivity contribution in [3.63, 3.8) is 0 Å². The van der Waals surface area contributed by atoms with Crippen LogP contribution in [0.2, 0.25) is 0 Å². The molecule has 0 aliphatic rings. The predicted molar refractivity (Wildman–Crippen MR) is 47.5 cm³/mol. The van der Waals surface area contributed by atoms with E-state index in [9.17, 15) is 4.79 Å². The molecule has 0 bridgehead atoms. The highest BCUT2D eigenvalue weighted by Crippen LogP contribution is 2.01. The topological polar surface area (TPSA) is 75.4 Å². The molecule has 0 aromatic heterocycles. The molecule has 0 heterocycles. The minimum Gasteiger partial charge on any atom is -0.395 e. The van der Waals surface area contributed by atoms with E-state index in [1.807, 2.05) is 13.8 Å². The van der Waals surface area contributed by atoms with Crippen LogP contribution in [-0.4, -0.2) is 30.2 Å². The first-order chi connectivity index (χ1) is 5.57. The Morgan fingerprint density at radius 1 is 1.58 bits per heavy atom. The molecule has 72 valence electrons. The Morgan fingerprint density at radius 2 is 2.17 bits per heavy atom. The summed E-state index contributed by atoms with van der Waals surface area (Å²) in [7, 11) is 0. The first kappa shape index (κ1) is 11.4. The molecule has 4 nitrogen and oxygen atoms in total. The highest BCUT2D eigenvalue weighted by molar-refractivity contribution is 5.81. The number of rotatable bonds is 5. The van der Waals surface area contributed by atoms with Crippen molar-refractivity contribution in [3.05, 3.63) is 0 Å². The summed E-state index contributed by atoms with van der Waals surface area (Å²) in [6.07, 6.45) is 0.678. The van der Waals surface area contributed by atoms with Crippen molar-refractivity contribution in [2.24, 2.45) is 11.7 Å². The van der Waals surface area contributed by atoms with Crippen molar-refractivity contribution >= 4 is 5.91 Å². The van der Waals surface area contributed by atoms with E-state index in [2.05, 4.69) is 5.32 Å². The zero-order valence-electron chi connectivity index (χ0n) is 7.71. The lowest BCUT2D eigenvalue weighted by atomic mass is 10.0. The summed E-state index contributed by atoms with van der Waals surface area (Å²) in [6.45, 7) is 4.27. The number of amides is 1. The highest BCUT2D eigenvalue weighted by atomic mass is 16.3. The second-order valence-electron chi connectivity index (χ2n) is 3.25. The second kappa shape index (κ2) is 5.97. The Kier molecular flexibility index (Phi) is 5.66. The summed E-state index contributed by atoms with van der Waals surface area (Å²) < 4.78 is 0. The smallest absolute Gasteiger partial charge is 0.237 e. The zero-order chi connectivity index (χ0) is 9.56. The van der Waals surface area contributed by atoms with Gasteiger partial charge in [-0.1, -0.05) is 13.8 Å².